The summed E-state index contributed by atoms with van der Waals surface area (Å²) in [5, 5.41) is 11.7. The van der Waals surface area contributed by atoms with Gasteiger partial charge in [0.25, 0.3) is 0 Å². The Bertz CT molecular complexity index is 483. The van der Waals surface area contributed by atoms with Gasteiger partial charge in [0.05, 0.1) is 0 Å². The maximum absolute atomic E-state index is 11.8. The molecule has 0 spiro atoms. The van der Waals surface area contributed by atoms with E-state index in [4.69, 9.17) is 5.11 Å². The lowest BCUT2D eigenvalue weighted by atomic mass is 10.1. The van der Waals surface area contributed by atoms with Crippen LogP contribution < -0.4 is 10.2 Å². The Balaban J connectivity index is 1.70. The Kier molecular flexibility index (Phi) is 4.27. The predicted octanol–water partition coefficient (Wildman–Crippen LogP) is 1.49. The van der Waals surface area contributed by atoms with Crippen molar-refractivity contribution in [2.24, 2.45) is 5.41 Å². The molecule has 0 unspecified atom stereocenters. The third-order valence-electron chi connectivity index (χ3n) is 3.75. The van der Waals surface area contributed by atoms with Crippen LogP contribution in [-0.4, -0.2) is 37.1 Å². The number of anilines is 1. The van der Waals surface area contributed by atoms with Gasteiger partial charge in [0.1, 0.15) is 5.41 Å². The summed E-state index contributed by atoms with van der Waals surface area (Å²) in [6.07, 6.45) is 1.70. The van der Waals surface area contributed by atoms with E-state index in [-0.39, 0.29) is 5.91 Å². The zero-order chi connectivity index (χ0) is 14.6. The van der Waals surface area contributed by atoms with Gasteiger partial charge < -0.3 is 15.3 Å². The molecule has 1 aliphatic rings. The number of carbonyl (C=O) groups excluding carboxylic acids is 1. The van der Waals surface area contributed by atoms with Crippen LogP contribution in [0.2, 0.25) is 0 Å². The fourth-order valence-electron chi connectivity index (χ4n) is 2.16. The molecule has 5 nitrogen and oxygen atoms in total. The number of hydrogen-bond donors (Lipinski definition) is 2. The molecule has 1 aromatic carbocycles. The summed E-state index contributed by atoms with van der Waals surface area (Å²) < 4.78 is 0. The highest BCUT2D eigenvalue weighted by Gasteiger charge is 2.56. The summed E-state index contributed by atoms with van der Waals surface area (Å²) in [6, 6.07) is 10.00. The van der Waals surface area contributed by atoms with Crippen LogP contribution in [-0.2, 0) is 9.59 Å². The van der Waals surface area contributed by atoms with Gasteiger partial charge in [0, 0.05) is 25.8 Å². The molecule has 2 rings (SSSR count). The van der Waals surface area contributed by atoms with E-state index in [0.717, 1.165) is 18.7 Å². The Morgan fingerprint density at radius 3 is 2.50 bits per heavy atom. The van der Waals surface area contributed by atoms with E-state index in [1.165, 1.54) is 0 Å². The van der Waals surface area contributed by atoms with Gasteiger partial charge in [-0.1, -0.05) is 18.2 Å². The molecule has 1 fully saturated rings. The first-order chi connectivity index (χ1) is 9.56. The van der Waals surface area contributed by atoms with Gasteiger partial charge in [-0.25, -0.2) is 0 Å². The first-order valence-electron chi connectivity index (χ1n) is 6.84. The number of amides is 1. The molecule has 0 aliphatic heterocycles. The average Bonchev–Trinajstić information content (AvgIpc) is 3.25. The largest absolute Gasteiger partial charge is 0.480 e. The molecule has 1 amide bonds. The number of benzene rings is 1. The molecule has 108 valence electrons. The summed E-state index contributed by atoms with van der Waals surface area (Å²) in [6.45, 7) is 1.31. The highest BCUT2D eigenvalue weighted by atomic mass is 16.4. The first-order valence-corrected chi connectivity index (χ1v) is 6.84. The fraction of sp³-hybridized carbons (Fsp3) is 0.467. The number of carbonyl (C=O) groups is 2. The molecule has 0 heterocycles. The second-order valence-electron chi connectivity index (χ2n) is 5.25. The Labute approximate surface area is 118 Å². The van der Waals surface area contributed by atoms with Gasteiger partial charge in [0.2, 0.25) is 5.91 Å². The molecule has 0 atom stereocenters. The van der Waals surface area contributed by atoms with Crippen molar-refractivity contribution in [1.29, 1.82) is 0 Å². The Morgan fingerprint density at radius 2 is 1.95 bits per heavy atom. The summed E-state index contributed by atoms with van der Waals surface area (Å²) in [4.78, 5) is 24.9. The molecule has 1 aliphatic carbocycles. The number of carboxylic acids is 1. The molecule has 0 aromatic heterocycles. The molecule has 0 bridgehead atoms. The summed E-state index contributed by atoms with van der Waals surface area (Å²) in [5.41, 5.74) is -0.00580. The van der Waals surface area contributed by atoms with Gasteiger partial charge in [-0.15, -0.1) is 0 Å². The smallest absolute Gasteiger partial charge is 0.319 e. The lowest BCUT2D eigenvalue weighted by molar-refractivity contribution is -0.149. The minimum atomic E-state index is -1.13. The van der Waals surface area contributed by atoms with Crippen LogP contribution in [0, 0.1) is 5.41 Å². The van der Waals surface area contributed by atoms with Crippen LogP contribution in [0.15, 0.2) is 30.3 Å². The van der Waals surface area contributed by atoms with Crippen molar-refractivity contribution < 1.29 is 14.7 Å². The minimum absolute atomic E-state index is 0.340. The number of aliphatic carboxylic acids is 1. The molecular formula is C15H20N2O3. The molecule has 5 heteroatoms. The van der Waals surface area contributed by atoms with Crippen LogP contribution >= 0.6 is 0 Å². The van der Waals surface area contributed by atoms with Crippen molar-refractivity contribution in [2.75, 3.05) is 25.0 Å². The number of hydrogen-bond acceptors (Lipinski definition) is 3. The molecule has 1 aromatic rings. The van der Waals surface area contributed by atoms with E-state index >= 15 is 0 Å². The van der Waals surface area contributed by atoms with Gasteiger partial charge >= 0.3 is 5.97 Å². The lowest BCUT2D eigenvalue weighted by Crippen LogP contribution is -2.38. The standard InChI is InChI=1S/C15H20N2O3/c1-17(12-6-3-2-4-7-12)11-5-10-16-13(18)15(8-9-15)14(19)20/h2-4,6-7H,5,8-11H2,1H3,(H,16,18)(H,19,20). The Morgan fingerprint density at radius 1 is 1.30 bits per heavy atom. The third kappa shape index (κ3) is 3.10. The number of nitrogens with one attached hydrogen (secondary N) is 1. The highest BCUT2D eigenvalue weighted by molar-refractivity contribution is 6.04. The topological polar surface area (TPSA) is 69.6 Å². The van der Waals surface area contributed by atoms with Crippen molar-refractivity contribution in [3.8, 4) is 0 Å². The summed E-state index contributed by atoms with van der Waals surface area (Å²) in [5.74, 6) is -1.34. The third-order valence-corrected chi connectivity index (χ3v) is 3.75. The summed E-state index contributed by atoms with van der Waals surface area (Å²) in [7, 11) is 2.00. The van der Waals surface area contributed by atoms with E-state index in [2.05, 4.69) is 10.2 Å². The van der Waals surface area contributed by atoms with Crippen LogP contribution in [0.5, 0.6) is 0 Å². The number of rotatable bonds is 7. The Hall–Kier alpha value is -2.04. The van der Waals surface area contributed by atoms with Crippen LogP contribution in [0.4, 0.5) is 5.69 Å². The van der Waals surface area contributed by atoms with E-state index < -0.39 is 11.4 Å². The molecule has 0 radical (unpaired) electrons. The van der Waals surface area contributed by atoms with E-state index in [0.29, 0.717) is 19.4 Å². The van der Waals surface area contributed by atoms with Crippen molar-refractivity contribution in [3.05, 3.63) is 30.3 Å². The SMILES string of the molecule is CN(CCCNC(=O)C1(C(=O)O)CC1)c1ccccc1. The van der Waals surface area contributed by atoms with Crippen molar-refractivity contribution >= 4 is 17.6 Å². The van der Waals surface area contributed by atoms with Crippen LogP contribution in [0.25, 0.3) is 0 Å². The van der Waals surface area contributed by atoms with Gasteiger partial charge in [0.15, 0.2) is 0 Å². The van der Waals surface area contributed by atoms with E-state index in [9.17, 15) is 9.59 Å². The monoisotopic (exact) mass is 276 g/mol. The van der Waals surface area contributed by atoms with Gasteiger partial charge in [-0.3, -0.25) is 9.59 Å². The van der Waals surface area contributed by atoms with E-state index in [1.807, 2.05) is 37.4 Å². The maximum Gasteiger partial charge on any atom is 0.319 e. The first kappa shape index (κ1) is 14.4. The molecule has 2 N–H and O–H groups in total. The van der Waals surface area contributed by atoms with Crippen LogP contribution in [0.3, 0.4) is 0 Å². The molecule has 0 saturated heterocycles. The van der Waals surface area contributed by atoms with Crippen molar-refractivity contribution in [2.45, 2.75) is 19.3 Å². The average molecular weight is 276 g/mol. The van der Waals surface area contributed by atoms with Gasteiger partial charge in [-0.2, -0.15) is 0 Å². The molecule has 20 heavy (non-hydrogen) atoms. The molecular weight excluding hydrogens is 256 g/mol. The van der Waals surface area contributed by atoms with Crippen molar-refractivity contribution in [1.82, 2.24) is 5.32 Å². The highest BCUT2D eigenvalue weighted by Crippen LogP contribution is 2.45. The van der Waals surface area contributed by atoms with Crippen LogP contribution in [0.1, 0.15) is 19.3 Å². The summed E-state index contributed by atoms with van der Waals surface area (Å²) >= 11 is 0. The quantitative estimate of drug-likeness (QED) is 0.585. The zero-order valence-corrected chi connectivity index (χ0v) is 11.6. The van der Waals surface area contributed by atoms with E-state index in [1.54, 1.807) is 0 Å². The number of para-hydroxylation sites is 1. The predicted molar refractivity (Wildman–Crippen MR) is 76.6 cm³/mol. The zero-order valence-electron chi connectivity index (χ0n) is 11.6. The lowest BCUT2D eigenvalue weighted by Gasteiger charge is -2.19. The normalized spacial score (nSPS) is 15.4. The minimum Gasteiger partial charge on any atom is -0.480 e. The van der Waals surface area contributed by atoms with Crippen molar-refractivity contribution in [3.63, 3.8) is 0 Å². The van der Waals surface area contributed by atoms with Gasteiger partial charge in [-0.05, 0) is 31.4 Å². The maximum atomic E-state index is 11.8. The number of carboxylic acid groups (broad SMARTS) is 1. The fourth-order valence-corrected chi connectivity index (χ4v) is 2.16. The molecule has 1 saturated carbocycles. The number of nitrogens with zero attached hydrogens (tertiary/aromatic N) is 1. The second kappa shape index (κ2) is 5.94. The second-order valence-corrected chi connectivity index (χ2v) is 5.25.